The van der Waals surface area contributed by atoms with Gasteiger partial charge in [-0.15, -0.1) is 0 Å². The normalized spacial score (nSPS) is 10.3. The molecule has 0 aliphatic heterocycles. The number of amides is 2. The molecule has 27 heavy (non-hydrogen) atoms. The molecule has 0 unspecified atom stereocenters. The average molecular weight is 541 g/mol. The predicted molar refractivity (Wildman–Crippen MR) is 110 cm³/mol. The molecule has 2 N–H and O–H groups in total. The summed E-state index contributed by atoms with van der Waals surface area (Å²) in [4.78, 5) is 23.5. The molecule has 2 aromatic carbocycles. The zero-order valence-corrected chi connectivity index (χ0v) is 18.6. The highest BCUT2D eigenvalue weighted by Crippen LogP contribution is 2.35. The first-order chi connectivity index (χ1) is 12.8. The van der Waals surface area contributed by atoms with Gasteiger partial charge in [-0.1, -0.05) is 39.1 Å². The van der Waals surface area contributed by atoms with Crippen LogP contribution in [-0.2, 0) is 9.59 Å². The second-order valence-corrected chi connectivity index (χ2v) is 7.84. The molecule has 0 aromatic heterocycles. The van der Waals surface area contributed by atoms with Gasteiger partial charge in [0.15, 0.2) is 19.0 Å². The van der Waals surface area contributed by atoms with Crippen LogP contribution in [0.5, 0.6) is 11.5 Å². The van der Waals surface area contributed by atoms with Crippen LogP contribution in [0.15, 0.2) is 39.3 Å². The van der Waals surface area contributed by atoms with Crippen molar-refractivity contribution in [2.75, 3.05) is 13.2 Å². The van der Waals surface area contributed by atoms with Crippen molar-refractivity contribution in [3.63, 3.8) is 0 Å². The van der Waals surface area contributed by atoms with Crippen LogP contribution >= 0.6 is 55.1 Å². The fourth-order valence-corrected chi connectivity index (χ4v) is 3.49. The van der Waals surface area contributed by atoms with E-state index >= 15 is 0 Å². The number of carbonyl (C=O) groups excluding carboxylic acids is 2. The van der Waals surface area contributed by atoms with Crippen molar-refractivity contribution in [3.8, 4) is 11.5 Å². The summed E-state index contributed by atoms with van der Waals surface area (Å²) >= 11 is 18.5. The van der Waals surface area contributed by atoms with Gasteiger partial charge in [0.2, 0.25) is 0 Å². The van der Waals surface area contributed by atoms with Gasteiger partial charge in [0, 0.05) is 9.50 Å². The second-order valence-electron chi connectivity index (χ2n) is 5.28. The van der Waals surface area contributed by atoms with E-state index in [1.807, 2.05) is 13.0 Å². The van der Waals surface area contributed by atoms with Gasteiger partial charge in [-0.05, 0) is 58.7 Å². The minimum atomic E-state index is -0.569. The SMILES string of the molecule is Cc1cc(OCC(=O)NNC(=O)COc2c(Cl)cc(Cl)cc2Br)ccc1Br. The minimum Gasteiger partial charge on any atom is -0.484 e. The van der Waals surface area contributed by atoms with Crippen molar-refractivity contribution in [1.82, 2.24) is 10.9 Å². The number of hydrogen-bond donors (Lipinski definition) is 2. The number of halogens is 4. The Morgan fingerprint density at radius 2 is 1.59 bits per heavy atom. The maximum Gasteiger partial charge on any atom is 0.276 e. The van der Waals surface area contributed by atoms with Crippen molar-refractivity contribution < 1.29 is 19.1 Å². The summed E-state index contributed by atoms with van der Waals surface area (Å²) in [6.07, 6.45) is 0. The van der Waals surface area contributed by atoms with Crippen LogP contribution in [0.3, 0.4) is 0 Å². The summed E-state index contributed by atoms with van der Waals surface area (Å²) in [6.45, 7) is 1.30. The number of hydrazine groups is 1. The summed E-state index contributed by atoms with van der Waals surface area (Å²) < 4.78 is 12.1. The Morgan fingerprint density at radius 3 is 2.19 bits per heavy atom. The lowest BCUT2D eigenvalue weighted by atomic mass is 10.2. The Labute approximate surface area is 182 Å². The van der Waals surface area contributed by atoms with Gasteiger partial charge in [-0.2, -0.15) is 0 Å². The van der Waals surface area contributed by atoms with Crippen LogP contribution in [0, 0.1) is 6.92 Å². The molecule has 2 amide bonds. The summed E-state index contributed by atoms with van der Waals surface area (Å²) in [5.41, 5.74) is 5.44. The quantitative estimate of drug-likeness (QED) is 0.531. The Kier molecular flexibility index (Phi) is 8.22. The minimum absolute atomic E-state index is 0.253. The third kappa shape index (κ3) is 6.88. The lowest BCUT2D eigenvalue weighted by molar-refractivity contribution is -0.131. The van der Waals surface area contributed by atoms with E-state index in [9.17, 15) is 9.59 Å². The monoisotopic (exact) mass is 538 g/mol. The highest BCUT2D eigenvalue weighted by Gasteiger charge is 2.12. The Balaban J connectivity index is 1.75. The van der Waals surface area contributed by atoms with Crippen LogP contribution in [0.4, 0.5) is 0 Å². The molecule has 0 saturated carbocycles. The van der Waals surface area contributed by atoms with E-state index in [1.165, 1.54) is 6.07 Å². The maximum atomic E-state index is 11.8. The predicted octanol–water partition coefficient (Wildman–Crippen LogP) is 4.43. The number of ether oxygens (including phenoxy) is 2. The summed E-state index contributed by atoms with van der Waals surface area (Å²) in [7, 11) is 0. The van der Waals surface area contributed by atoms with E-state index in [0.29, 0.717) is 15.2 Å². The van der Waals surface area contributed by atoms with Gasteiger partial charge >= 0.3 is 0 Å². The van der Waals surface area contributed by atoms with E-state index < -0.39 is 11.8 Å². The first-order valence-electron chi connectivity index (χ1n) is 7.50. The molecule has 0 bridgehead atoms. The molecule has 0 saturated heterocycles. The standard InChI is InChI=1S/C17H14Br2Cl2N2O4/c1-9-4-11(2-3-12(9)18)26-7-15(24)22-23-16(25)8-27-17-13(19)5-10(20)6-14(17)21/h2-6H,7-8H2,1H3,(H,22,24)(H,23,25). The highest BCUT2D eigenvalue weighted by atomic mass is 79.9. The average Bonchev–Trinajstić information content (AvgIpc) is 2.60. The molecule has 0 spiro atoms. The first-order valence-corrected chi connectivity index (χ1v) is 9.84. The molecule has 0 aliphatic rings. The molecular formula is C17H14Br2Cl2N2O4. The van der Waals surface area contributed by atoms with Gasteiger partial charge in [-0.3, -0.25) is 20.4 Å². The smallest absolute Gasteiger partial charge is 0.276 e. The van der Waals surface area contributed by atoms with Crippen molar-refractivity contribution in [3.05, 3.63) is 54.9 Å². The molecule has 144 valence electrons. The van der Waals surface area contributed by atoms with Gasteiger partial charge < -0.3 is 9.47 Å². The molecule has 0 fully saturated rings. The van der Waals surface area contributed by atoms with Crippen LogP contribution in [-0.4, -0.2) is 25.0 Å². The van der Waals surface area contributed by atoms with Crippen molar-refractivity contribution in [1.29, 1.82) is 0 Å². The molecule has 0 radical (unpaired) electrons. The largest absolute Gasteiger partial charge is 0.484 e. The third-order valence-corrected chi connectivity index (χ3v) is 5.13. The highest BCUT2D eigenvalue weighted by molar-refractivity contribution is 9.10. The van der Waals surface area contributed by atoms with Crippen molar-refractivity contribution in [2.45, 2.75) is 6.92 Å². The first kappa shape index (κ1) is 21.8. The fraction of sp³-hybridized carbons (Fsp3) is 0.176. The summed E-state index contributed by atoms with van der Waals surface area (Å²) in [6, 6.07) is 8.41. The Hall–Kier alpha value is -1.48. The molecule has 0 heterocycles. The van der Waals surface area contributed by atoms with E-state index in [0.717, 1.165) is 10.0 Å². The number of aryl methyl sites for hydroxylation is 1. The summed E-state index contributed by atoms with van der Waals surface area (Å²) in [5, 5.41) is 0.682. The zero-order valence-electron chi connectivity index (χ0n) is 13.9. The van der Waals surface area contributed by atoms with Gasteiger partial charge in [0.25, 0.3) is 11.8 Å². The Morgan fingerprint density at radius 1 is 0.963 bits per heavy atom. The van der Waals surface area contributed by atoms with Crippen LogP contribution < -0.4 is 20.3 Å². The van der Waals surface area contributed by atoms with Crippen LogP contribution in [0.2, 0.25) is 10.0 Å². The molecule has 0 atom stereocenters. The van der Waals surface area contributed by atoms with Gasteiger partial charge in [0.05, 0.1) is 9.50 Å². The number of rotatable bonds is 6. The third-order valence-electron chi connectivity index (χ3n) is 3.15. The Bertz CT molecular complexity index is 842. The van der Waals surface area contributed by atoms with Gasteiger partial charge in [0.1, 0.15) is 5.75 Å². The molecule has 0 aliphatic carbocycles. The van der Waals surface area contributed by atoms with E-state index in [4.69, 9.17) is 32.7 Å². The number of benzene rings is 2. The van der Waals surface area contributed by atoms with E-state index in [2.05, 4.69) is 42.7 Å². The fourth-order valence-electron chi connectivity index (χ4n) is 1.87. The maximum absolute atomic E-state index is 11.8. The lowest BCUT2D eigenvalue weighted by Crippen LogP contribution is -2.45. The lowest BCUT2D eigenvalue weighted by Gasteiger charge is -2.12. The van der Waals surface area contributed by atoms with Crippen LogP contribution in [0.1, 0.15) is 5.56 Å². The van der Waals surface area contributed by atoms with Crippen LogP contribution in [0.25, 0.3) is 0 Å². The van der Waals surface area contributed by atoms with E-state index in [1.54, 1.807) is 18.2 Å². The van der Waals surface area contributed by atoms with Gasteiger partial charge in [-0.25, -0.2) is 0 Å². The van der Waals surface area contributed by atoms with E-state index in [-0.39, 0.29) is 24.0 Å². The molecule has 6 nitrogen and oxygen atoms in total. The number of hydrogen-bond acceptors (Lipinski definition) is 4. The van der Waals surface area contributed by atoms with Crippen molar-refractivity contribution >= 4 is 66.9 Å². The molecule has 2 rings (SSSR count). The zero-order chi connectivity index (χ0) is 20.0. The second kappa shape index (κ2) is 10.2. The molecule has 2 aromatic rings. The number of carbonyl (C=O) groups is 2. The topological polar surface area (TPSA) is 76.7 Å². The van der Waals surface area contributed by atoms with Crippen molar-refractivity contribution in [2.24, 2.45) is 0 Å². The molecular weight excluding hydrogens is 527 g/mol. The molecule has 10 heteroatoms. The summed E-state index contributed by atoms with van der Waals surface area (Å²) in [5.74, 6) is -0.269. The number of nitrogens with one attached hydrogen (secondary N) is 2.